The predicted molar refractivity (Wildman–Crippen MR) is 128 cm³/mol. The summed E-state index contributed by atoms with van der Waals surface area (Å²) in [6, 6.07) is 0. The molecular weight excluding hydrogens is 392 g/mol. The van der Waals surface area contributed by atoms with Gasteiger partial charge >= 0.3 is 5.97 Å². The van der Waals surface area contributed by atoms with Crippen LogP contribution in [0.25, 0.3) is 0 Å². The predicted octanol–water partition coefficient (Wildman–Crippen LogP) is 6.03. The largest absolute Gasteiger partial charge is 0.469 e. The fraction of sp³-hybridized carbons (Fsp3) is 0.880. The van der Waals surface area contributed by atoms with E-state index in [1.165, 1.54) is 32.8 Å². The zero-order valence-electron chi connectivity index (χ0n) is 20.5. The summed E-state index contributed by atoms with van der Waals surface area (Å²) < 4.78 is 10.5. The van der Waals surface area contributed by atoms with Gasteiger partial charge in [-0.25, -0.2) is 0 Å². The molecule has 0 bridgehead atoms. The van der Waals surface area contributed by atoms with E-state index < -0.39 is 14.6 Å². The average molecular weight is 441 g/mol. The minimum absolute atomic E-state index is 0.184. The number of carbonyl (C=O) groups excluding carboxylic acids is 1. The Morgan fingerprint density at radius 3 is 2.60 bits per heavy atom. The molecule has 176 valence electrons. The van der Waals surface area contributed by atoms with Gasteiger partial charge < -0.3 is 14.3 Å². The normalized spacial score (nSPS) is 23.8. The number of unbranched alkanes of at least 4 members (excludes halogenated alkanes) is 2. The lowest BCUT2D eigenvalue weighted by atomic mass is 9.73. The van der Waals surface area contributed by atoms with Gasteiger partial charge in [0, 0.05) is 13.0 Å². The third-order valence-corrected chi connectivity index (χ3v) is 7.35. The second kappa shape index (κ2) is 13.7. The Balaban J connectivity index is 2.50. The number of methoxy groups -OCH3 is 1. The summed E-state index contributed by atoms with van der Waals surface area (Å²) in [6.07, 6.45) is 15.4. The van der Waals surface area contributed by atoms with Gasteiger partial charge in [-0.15, -0.1) is 0 Å². The Morgan fingerprint density at radius 1 is 1.23 bits per heavy atom. The van der Waals surface area contributed by atoms with Crippen LogP contribution in [0.2, 0.25) is 13.1 Å². The molecule has 1 fully saturated rings. The number of hydrogen-bond acceptors (Lipinski definition) is 4. The van der Waals surface area contributed by atoms with Gasteiger partial charge in [0.05, 0.1) is 12.7 Å². The highest BCUT2D eigenvalue weighted by Crippen LogP contribution is 2.38. The monoisotopic (exact) mass is 440 g/mol. The standard InChI is InChI=1S/C25H48O4Si/c1-24(2,3)22(13-8-7-9-19-29-30(5)6)16-15-21-12-10-17-25(27,20-21)18-11-14-23(26)28-4/h15-16,21-22,27,30H,7-14,17-20H2,1-6H3. The van der Waals surface area contributed by atoms with Crippen molar-refractivity contribution in [1.29, 1.82) is 0 Å². The molecule has 1 saturated carbocycles. The fourth-order valence-corrected chi connectivity index (χ4v) is 5.15. The van der Waals surface area contributed by atoms with Crippen LogP contribution in [-0.4, -0.2) is 39.4 Å². The highest BCUT2D eigenvalue weighted by molar-refractivity contribution is 6.48. The van der Waals surface area contributed by atoms with Crippen LogP contribution in [0.1, 0.15) is 91.4 Å². The van der Waals surface area contributed by atoms with E-state index in [0.29, 0.717) is 31.1 Å². The zero-order valence-corrected chi connectivity index (χ0v) is 21.7. The van der Waals surface area contributed by atoms with E-state index in [0.717, 1.165) is 32.3 Å². The summed E-state index contributed by atoms with van der Waals surface area (Å²) in [5.74, 6) is 0.820. The number of allylic oxidation sites excluding steroid dienone is 2. The van der Waals surface area contributed by atoms with Crippen LogP contribution < -0.4 is 0 Å². The third-order valence-electron chi connectivity index (χ3n) is 6.45. The van der Waals surface area contributed by atoms with E-state index in [1.54, 1.807) is 0 Å². The molecule has 0 radical (unpaired) electrons. The van der Waals surface area contributed by atoms with Crippen LogP contribution in [0.3, 0.4) is 0 Å². The molecule has 1 aliphatic rings. The van der Waals surface area contributed by atoms with E-state index in [-0.39, 0.29) is 11.4 Å². The smallest absolute Gasteiger partial charge is 0.305 e. The summed E-state index contributed by atoms with van der Waals surface area (Å²) in [5, 5.41) is 11.0. The van der Waals surface area contributed by atoms with E-state index in [9.17, 15) is 9.90 Å². The van der Waals surface area contributed by atoms with Gasteiger partial charge in [-0.3, -0.25) is 4.79 Å². The molecule has 0 saturated heterocycles. The number of ether oxygens (including phenoxy) is 1. The molecular formula is C25H48O4Si. The summed E-state index contributed by atoms with van der Waals surface area (Å²) in [5.41, 5.74) is -0.373. The van der Waals surface area contributed by atoms with Crippen LogP contribution in [-0.2, 0) is 14.0 Å². The number of aliphatic hydroxyl groups is 1. The SMILES string of the molecule is COC(=O)CCCC1(O)CCCC(C=CC(CCCCCO[SiH](C)C)C(C)(C)C)C1. The van der Waals surface area contributed by atoms with E-state index >= 15 is 0 Å². The van der Waals surface area contributed by atoms with Crippen molar-refractivity contribution in [3.63, 3.8) is 0 Å². The van der Waals surface area contributed by atoms with Crippen LogP contribution in [0, 0.1) is 17.3 Å². The van der Waals surface area contributed by atoms with Crippen molar-refractivity contribution in [3.05, 3.63) is 12.2 Å². The second-order valence-electron chi connectivity index (χ2n) is 10.6. The fourth-order valence-electron chi connectivity index (χ4n) is 4.51. The molecule has 0 spiro atoms. The highest BCUT2D eigenvalue weighted by Gasteiger charge is 2.33. The Morgan fingerprint density at radius 2 is 1.97 bits per heavy atom. The lowest BCUT2D eigenvalue weighted by Crippen LogP contribution is -2.35. The minimum atomic E-state index is -0.877. The maximum atomic E-state index is 11.3. The number of carbonyl (C=O) groups is 1. The summed E-state index contributed by atoms with van der Waals surface area (Å²) in [7, 11) is 0.544. The molecule has 1 aliphatic carbocycles. The van der Waals surface area contributed by atoms with Gasteiger partial charge in [0.15, 0.2) is 9.04 Å². The van der Waals surface area contributed by atoms with Gasteiger partial charge in [-0.1, -0.05) is 52.2 Å². The van der Waals surface area contributed by atoms with Crippen molar-refractivity contribution in [2.24, 2.45) is 17.3 Å². The molecule has 5 heteroatoms. The summed E-state index contributed by atoms with van der Waals surface area (Å²) in [6.45, 7) is 12.4. The van der Waals surface area contributed by atoms with Crippen molar-refractivity contribution in [1.82, 2.24) is 0 Å². The van der Waals surface area contributed by atoms with Crippen LogP contribution in [0.15, 0.2) is 12.2 Å². The zero-order chi connectivity index (χ0) is 22.6. The van der Waals surface area contributed by atoms with Crippen molar-refractivity contribution < 1.29 is 19.1 Å². The van der Waals surface area contributed by atoms with Crippen LogP contribution >= 0.6 is 0 Å². The van der Waals surface area contributed by atoms with E-state index in [4.69, 9.17) is 9.16 Å². The molecule has 0 aromatic heterocycles. The molecule has 3 unspecified atom stereocenters. The first-order chi connectivity index (χ1) is 14.1. The molecule has 3 atom stereocenters. The molecule has 0 amide bonds. The average Bonchev–Trinajstić information content (AvgIpc) is 2.65. The highest BCUT2D eigenvalue weighted by atomic mass is 28.3. The number of rotatable bonds is 13. The second-order valence-corrected chi connectivity index (χ2v) is 13.1. The first kappa shape index (κ1) is 27.4. The molecule has 0 aromatic carbocycles. The lowest BCUT2D eigenvalue weighted by Gasteiger charge is -2.36. The lowest BCUT2D eigenvalue weighted by molar-refractivity contribution is -0.141. The Hall–Kier alpha value is -0.653. The van der Waals surface area contributed by atoms with Gasteiger partial charge in [-0.05, 0) is 75.3 Å². The van der Waals surface area contributed by atoms with E-state index in [1.807, 2.05) is 0 Å². The van der Waals surface area contributed by atoms with Crippen molar-refractivity contribution in [2.45, 2.75) is 110 Å². The van der Waals surface area contributed by atoms with Gasteiger partial charge in [0.2, 0.25) is 0 Å². The summed E-state index contributed by atoms with van der Waals surface area (Å²) >= 11 is 0. The molecule has 4 nitrogen and oxygen atoms in total. The third kappa shape index (κ3) is 11.7. The topological polar surface area (TPSA) is 55.8 Å². The van der Waals surface area contributed by atoms with Crippen molar-refractivity contribution >= 4 is 15.0 Å². The first-order valence-corrected chi connectivity index (χ1v) is 14.9. The maximum Gasteiger partial charge on any atom is 0.305 e. The maximum absolute atomic E-state index is 11.3. The van der Waals surface area contributed by atoms with Gasteiger partial charge in [0.25, 0.3) is 0 Å². The van der Waals surface area contributed by atoms with Crippen LogP contribution in [0.4, 0.5) is 0 Å². The van der Waals surface area contributed by atoms with Gasteiger partial charge in [-0.2, -0.15) is 0 Å². The number of esters is 1. The Labute approximate surface area is 187 Å². The molecule has 0 aromatic rings. The number of hydrogen-bond donors (Lipinski definition) is 1. The molecule has 0 aliphatic heterocycles. The Bertz CT molecular complexity index is 512. The molecule has 0 heterocycles. The molecule has 1 rings (SSSR count). The first-order valence-electron chi connectivity index (χ1n) is 12.1. The van der Waals surface area contributed by atoms with E-state index in [2.05, 4.69) is 46.0 Å². The summed E-state index contributed by atoms with van der Waals surface area (Å²) in [4.78, 5) is 11.3. The van der Waals surface area contributed by atoms with Gasteiger partial charge in [0.1, 0.15) is 0 Å². The minimum Gasteiger partial charge on any atom is -0.469 e. The molecule has 30 heavy (non-hydrogen) atoms. The Kier molecular flexibility index (Phi) is 12.5. The van der Waals surface area contributed by atoms with Crippen molar-refractivity contribution in [2.75, 3.05) is 13.7 Å². The van der Waals surface area contributed by atoms with Crippen LogP contribution in [0.5, 0.6) is 0 Å². The van der Waals surface area contributed by atoms with Crippen molar-refractivity contribution in [3.8, 4) is 0 Å². The quantitative estimate of drug-likeness (QED) is 0.164. The molecule has 1 N–H and O–H groups in total.